The molecule has 0 aliphatic rings. The lowest BCUT2D eigenvalue weighted by Crippen LogP contribution is -2.08. The lowest BCUT2D eigenvalue weighted by molar-refractivity contribution is 0.0735. The molecule has 1 N–H and O–H groups in total. The largest absolute Gasteiger partial charge is 0.423 e. The predicted octanol–water partition coefficient (Wildman–Crippen LogP) is 7.09. The van der Waals surface area contributed by atoms with Gasteiger partial charge in [0, 0.05) is 10.4 Å². The molecule has 0 aliphatic carbocycles. The summed E-state index contributed by atoms with van der Waals surface area (Å²) in [5, 5.41) is 5.64. The second-order valence-corrected chi connectivity index (χ2v) is 8.76. The Morgan fingerprint density at radius 2 is 1.78 bits per heavy atom. The van der Waals surface area contributed by atoms with Gasteiger partial charge in [-0.2, -0.15) is 5.10 Å². The van der Waals surface area contributed by atoms with Crippen molar-refractivity contribution in [1.29, 1.82) is 0 Å². The topological polar surface area (TPSA) is 63.6 Å². The number of hydrogen-bond acceptors (Lipinski definition) is 6. The molecule has 4 rings (SSSR count). The van der Waals surface area contributed by atoms with Gasteiger partial charge >= 0.3 is 5.97 Å². The minimum Gasteiger partial charge on any atom is -0.423 e. The fraction of sp³-hybridized carbons (Fsp3) is 0.0417. The number of anilines is 1. The van der Waals surface area contributed by atoms with Crippen LogP contribution in [-0.4, -0.2) is 17.2 Å². The van der Waals surface area contributed by atoms with Crippen LogP contribution in [0.4, 0.5) is 5.13 Å². The third-order valence-electron chi connectivity index (χ3n) is 4.46. The summed E-state index contributed by atoms with van der Waals surface area (Å²) in [5.41, 5.74) is 6.15. The van der Waals surface area contributed by atoms with E-state index in [0.29, 0.717) is 26.5 Å². The van der Waals surface area contributed by atoms with E-state index in [9.17, 15) is 4.79 Å². The van der Waals surface area contributed by atoms with Gasteiger partial charge < -0.3 is 4.74 Å². The van der Waals surface area contributed by atoms with E-state index in [2.05, 4.69) is 15.5 Å². The molecule has 0 radical (unpaired) electrons. The van der Waals surface area contributed by atoms with E-state index in [1.54, 1.807) is 53.9 Å². The molecule has 1 heterocycles. The molecule has 160 valence electrons. The van der Waals surface area contributed by atoms with Crippen LogP contribution in [0.1, 0.15) is 20.8 Å². The molecule has 0 amide bonds. The number of halogens is 2. The van der Waals surface area contributed by atoms with Gasteiger partial charge in [0.25, 0.3) is 0 Å². The summed E-state index contributed by atoms with van der Waals surface area (Å²) >= 11 is 13.4. The van der Waals surface area contributed by atoms with E-state index in [-0.39, 0.29) is 0 Å². The fourth-order valence-electron chi connectivity index (χ4n) is 2.88. The van der Waals surface area contributed by atoms with E-state index >= 15 is 0 Å². The Hall–Kier alpha value is -3.19. The molecule has 0 spiro atoms. The highest BCUT2D eigenvalue weighted by molar-refractivity contribution is 7.16. The van der Waals surface area contributed by atoms with Crippen molar-refractivity contribution in [3.8, 4) is 17.0 Å². The molecule has 0 atom stereocenters. The van der Waals surface area contributed by atoms with E-state index in [0.717, 1.165) is 21.7 Å². The van der Waals surface area contributed by atoms with Crippen LogP contribution in [0.25, 0.3) is 11.3 Å². The van der Waals surface area contributed by atoms with Crippen LogP contribution in [0, 0.1) is 6.92 Å². The molecule has 0 unspecified atom stereocenters. The zero-order valence-corrected chi connectivity index (χ0v) is 19.2. The van der Waals surface area contributed by atoms with Gasteiger partial charge in [0.05, 0.1) is 27.5 Å². The minimum atomic E-state index is -0.514. The molecule has 0 fully saturated rings. The number of carbonyl (C=O) groups is 1. The first kappa shape index (κ1) is 22.0. The zero-order chi connectivity index (χ0) is 22.5. The standard InChI is InChI=1S/C24H17Cl2N3O2S/c1-15-22(17-5-3-2-4-6-17)28-24(32-15)29-27-14-16-7-10-19(11-8-16)31-23(30)18-9-12-20(25)21(26)13-18/h2-14H,1H3,(H,28,29)/b27-14+. The van der Waals surface area contributed by atoms with Gasteiger partial charge in [-0.1, -0.05) is 53.5 Å². The lowest BCUT2D eigenvalue weighted by Gasteiger charge is -2.05. The van der Waals surface area contributed by atoms with Crippen LogP contribution >= 0.6 is 34.5 Å². The highest BCUT2D eigenvalue weighted by Crippen LogP contribution is 2.30. The van der Waals surface area contributed by atoms with Gasteiger partial charge in [-0.3, -0.25) is 5.43 Å². The molecule has 0 saturated heterocycles. The molecule has 8 heteroatoms. The van der Waals surface area contributed by atoms with E-state index in [1.165, 1.54) is 6.07 Å². The molecule has 3 aromatic carbocycles. The quantitative estimate of drug-likeness (QED) is 0.138. The average molecular weight is 482 g/mol. The van der Waals surface area contributed by atoms with Crippen LogP contribution < -0.4 is 10.2 Å². The number of rotatable bonds is 6. The van der Waals surface area contributed by atoms with Crippen molar-refractivity contribution >= 4 is 51.9 Å². The molecule has 0 saturated carbocycles. The summed E-state index contributed by atoms with van der Waals surface area (Å²) in [4.78, 5) is 18.0. The van der Waals surface area contributed by atoms with Gasteiger partial charge in [0.2, 0.25) is 5.13 Å². The van der Waals surface area contributed by atoms with Crippen molar-refractivity contribution in [2.24, 2.45) is 5.10 Å². The summed E-state index contributed by atoms with van der Waals surface area (Å²) < 4.78 is 5.37. The number of ether oxygens (including phenoxy) is 1. The molecule has 4 aromatic rings. The average Bonchev–Trinajstić information content (AvgIpc) is 3.17. The normalized spacial score (nSPS) is 11.0. The smallest absolute Gasteiger partial charge is 0.343 e. The molecule has 0 bridgehead atoms. The number of carbonyl (C=O) groups excluding carboxylic acids is 1. The van der Waals surface area contributed by atoms with E-state index in [4.69, 9.17) is 27.9 Å². The number of benzene rings is 3. The third kappa shape index (κ3) is 5.34. The molecular formula is C24H17Cl2N3O2S. The second-order valence-electron chi connectivity index (χ2n) is 6.75. The molecule has 1 aromatic heterocycles. The van der Waals surface area contributed by atoms with Crippen molar-refractivity contribution in [3.63, 3.8) is 0 Å². The minimum absolute atomic E-state index is 0.298. The summed E-state index contributed by atoms with van der Waals surface area (Å²) in [5.74, 6) is -0.103. The van der Waals surface area contributed by atoms with Crippen molar-refractivity contribution < 1.29 is 9.53 Å². The summed E-state index contributed by atoms with van der Waals surface area (Å²) in [6.07, 6.45) is 1.67. The van der Waals surface area contributed by atoms with Crippen LogP contribution in [0.15, 0.2) is 77.9 Å². The molecular weight excluding hydrogens is 465 g/mol. The van der Waals surface area contributed by atoms with Gasteiger partial charge in [-0.15, -0.1) is 11.3 Å². The molecule has 0 aliphatic heterocycles. The number of nitrogens with zero attached hydrogens (tertiary/aromatic N) is 2. The molecule has 32 heavy (non-hydrogen) atoms. The van der Waals surface area contributed by atoms with Crippen LogP contribution in [0.5, 0.6) is 5.75 Å². The van der Waals surface area contributed by atoms with Crippen molar-refractivity contribution in [3.05, 3.63) is 98.8 Å². The Bertz CT molecular complexity index is 1270. The summed E-state index contributed by atoms with van der Waals surface area (Å²) in [6.45, 7) is 2.03. The van der Waals surface area contributed by atoms with Crippen molar-refractivity contribution in [2.45, 2.75) is 6.92 Å². The van der Waals surface area contributed by atoms with E-state index < -0.39 is 5.97 Å². The van der Waals surface area contributed by atoms with E-state index in [1.807, 2.05) is 37.3 Å². The first-order valence-corrected chi connectivity index (χ1v) is 11.2. The number of hydrazone groups is 1. The maximum Gasteiger partial charge on any atom is 0.343 e. The van der Waals surface area contributed by atoms with Gasteiger partial charge in [0.1, 0.15) is 5.75 Å². The Labute approximate surface area is 199 Å². The van der Waals surface area contributed by atoms with Crippen molar-refractivity contribution in [2.75, 3.05) is 5.43 Å². The fourth-order valence-corrected chi connectivity index (χ4v) is 3.96. The van der Waals surface area contributed by atoms with Gasteiger partial charge in [-0.25, -0.2) is 9.78 Å². The summed E-state index contributed by atoms with van der Waals surface area (Å²) in [7, 11) is 0. The monoisotopic (exact) mass is 481 g/mol. The second kappa shape index (κ2) is 9.96. The Morgan fingerprint density at radius 3 is 2.50 bits per heavy atom. The maximum atomic E-state index is 12.3. The van der Waals surface area contributed by atoms with Crippen LogP contribution in [0.3, 0.4) is 0 Å². The number of hydrogen-bond donors (Lipinski definition) is 1. The highest BCUT2D eigenvalue weighted by atomic mass is 35.5. The van der Waals surface area contributed by atoms with Gasteiger partial charge in [-0.05, 0) is 55.0 Å². The lowest BCUT2D eigenvalue weighted by atomic mass is 10.1. The Morgan fingerprint density at radius 1 is 1.03 bits per heavy atom. The number of thiazole rings is 1. The number of aromatic nitrogens is 1. The van der Waals surface area contributed by atoms with Crippen molar-refractivity contribution in [1.82, 2.24) is 4.98 Å². The number of aryl methyl sites for hydroxylation is 1. The van der Waals surface area contributed by atoms with Crippen LogP contribution in [0.2, 0.25) is 10.0 Å². The Balaban J connectivity index is 1.36. The Kier molecular flexibility index (Phi) is 6.85. The number of nitrogens with one attached hydrogen (secondary N) is 1. The SMILES string of the molecule is Cc1sc(N/N=C/c2ccc(OC(=O)c3ccc(Cl)c(Cl)c3)cc2)nc1-c1ccccc1. The van der Waals surface area contributed by atoms with Gasteiger partial charge in [0.15, 0.2) is 0 Å². The highest BCUT2D eigenvalue weighted by Gasteiger charge is 2.11. The molecule has 5 nitrogen and oxygen atoms in total. The van der Waals surface area contributed by atoms with Crippen LogP contribution in [-0.2, 0) is 0 Å². The summed E-state index contributed by atoms with van der Waals surface area (Å²) in [6, 6.07) is 21.6. The number of esters is 1. The third-order valence-corrected chi connectivity index (χ3v) is 6.08. The predicted molar refractivity (Wildman–Crippen MR) is 131 cm³/mol. The first-order chi connectivity index (χ1) is 15.5. The maximum absolute atomic E-state index is 12.3. The first-order valence-electron chi connectivity index (χ1n) is 9.59. The zero-order valence-electron chi connectivity index (χ0n) is 16.9.